The fraction of sp³-hybridized carbons (Fsp3) is 0.600. The van der Waals surface area contributed by atoms with Crippen LogP contribution in [0.3, 0.4) is 0 Å². The van der Waals surface area contributed by atoms with Gasteiger partial charge in [0.25, 0.3) is 0 Å². The van der Waals surface area contributed by atoms with E-state index < -0.39 is 0 Å². The topological polar surface area (TPSA) is 0 Å². The molecule has 0 saturated heterocycles. The quantitative estimate of drug-likeness (QED) is 0.625. The summed E-state index contributed by atoms with van der Waals surface area (Å²) < 4.78 is 2.51. The Morgan fingerprint density at radius 3 is 2.62 bits per heavy atom. The second-order valence-corrected chi connectivity index (χ2v) is 6.91. The van der Waals surface area contributed by atoms with Crippen LogP contribution < -0.4 is 0 Å². The molecule has 1 aromatic rings. The molecule has 1 rings (SSSR count). The van der Waals surface area contributed by atoms with Crippen LogP contribution in [0.5, 0.6) is 0 Å². The molecule has 0 fully saturated rings. The van der Waals surface area contributed by atoms with Gasteiger partial charge in [-0.1, -0.05) is 26.2 Å². The van der Waals surface area contributed by atoms with E-state index in [4.69, 9.17) is 0 Å². The Balaban J connectivity index is 0.00000169. The van der Waals surface area contributed by atoms with Gasteiger partial charge >= 0.3 is 0 Å². The Bertz CT molecular complexity index is 261. The normalized spacial score (nSPS) is 10.7. The first kappa shape index (κ1) is 11.7. The second kappa shape index (κ2) is 6.20. The maximum absolute atomic E-state index is 3.57. The summed E-state index contributed by atoms with van der Waals surface area (Å²) >= 11 is 8.84. The summed E-state index contributed by atoms with van der Waals surface area (Å²) in [7, 11) is 0. The summed E-state index contributed by atoms with van der Waals surface area (Å²) in [5, 5.41) is 0. The average molecular weight is 328 g/mol. The number of hydrogen-bond donors (Lipinski definition) is 0. The van der Waals surface area contributed by atoms with E-state index in [9.17, 15) is 0 Å². The van der Waals surface area contributed by atoms with Crippen LogP contribution >= 0.6 is 43.2 Å². The van der Waals surface area contributed by atoms with Crippen molar-refractivity contribution in [2.45, 2.75) is 39.0 Å². The van der Waals surface area contributed by atoms with E-state index in [1.54, 1.807) is 11.3 Å². The van der Waals surface area contributed by atoms with Crippen LogP contribution in [0.2, 0.25) is 0 Å². The van der Waals surface area contributed by atoms with Crippen molar-refractivity contribution in [1.82, 2.24) is 0 Å². The lowest BCUT2D eigenvalue weighted by Gasteiger charge is -1.98. The van der Waals surface area contributed by atoms with Crippen molar-refractivity contribution in [2.24, 2.45) is 0 Å². The molecule has 0 aromatic carbocycles. The predicted molar refractivity (Wildman–Crippen MR) is 68.7 cm³/mol. The molecule has 0 atom stereocenters. The monoisotopic (exact) mass is 326 g/mol. The van der Waals surface area contributed by atoms with Crippen LogP contribution in [0.4, 0.5) is 0 Å². The highest BCUT2D eigenvalue weighted by atomic mass is 79.9. The molecule has 0 aliphatic rings. The van der Waals surface area contributed by atoms with Gasteiger partial charge in [0.2, 0.25) is 0 Å². The van der Waals surface area contributed by atoms with Gasteiger partial charge in [0.05, 0.1) is 7.57 Å². The Hall–Kier alpha value is 0.660. The van der Waals surface area contributed by atoms with Crippen molar-refractivity contribution in [2.75, 3.05) is 0 Å². The Kier molecular flexibility index (Phi) is 5.60. The standard InChI is InChI=1S/C10H14Br2S.H/c1-2-3-4-5-6-8-7-9(11)13-10(8)12;/h7H,2-6H2,1H3;/i;1+1. The molecule has 0 spiro atoms. The Labute approximate surface area is 102 Å². The maximum Gasteiger partial charge on any atom is 0.0742 e. The van der Waals surface area contributed by atoms with E-state index >= 15 is 0 Å². The number of hydrogen-bond acceptors (Lipinski definition) is 1. The molecule has 0 nitrogen and oxygen atoms in total. The minimum absolute atomic E-state index is 0. The average Bonchev–Trinajstić information content (AvgIpc) is 2.39. The smallest absolute Gasteiger partial charge is 0.0742 e. The zero-order valence-corrected chi connectivity index (χ0v) is 11.8. The molecule has 0 bridgehead atoms. The molecule has 1 heterocycles. The van der Waals surface area contributed by atoms with Crippen LogP contribution in [0.15, 0.2) is 13.6 Å². The van der Waals surface area contributed by atoms with Gasteiger partial charge in [-0.05, 0) is 56.3 Å². The molecule has 0 N–H and O–H groups in total. The van der Waals surface area contributed by atoms with Gasteiger partial charge in [-0.3, -0.25) is 0 Å². The lowest BCUT2D eigenvalue weighted by Crippen LogP contribution is -1.83. The molecule has 1 aromatic heterocycles. The predicted octanol–water partition coefficient (Wildman–Crippen LogP) is 5.51. The fourth-order valence-corrected chi connectivity index (χ4v) is 4.20. The van der Waals surface area contributed by atoms with Crippen molar-refractivity contribution in [1.29, 1.82) is 0 Å². The number of halogens is 2. The highest BCUT2D eigenvalue weighted by Crippen LogP contribution is 2.32. The second-order valence-electron chi connectivity index (χ2n) is 3.16. The van der Waals surface area contributed by atoms with Gasteiger partial charge in [0.15, 0.2) is 0 Å². The molecule has 0 unspecified atom stereocenters. The number of aryl methyl sites for hydroxylation is 1. The molecule has 13 heavy (non-hydrogen) atoms. The Morgan fingerprint density at radius 1 is 1.31 bits per heavy atom. The number of unbranched alkanes of at least 4 members (excludes halogenated alkanes) is 3. The summed E-state index contributed by atoms with van der Waals surface area (Å²) in [4.78, 5) is 0. The van der Waals surface area contributed by atoms with Gasteiger partial charge in [-0.25, -0.2) is 0 Å². The molecule has 75 valence electrons. The maximum atomic E-state index is 3.57. The van der Waals surface area contributed by atoms with Crippen LogP contribution in [0.1, 0.15) is 39.6 Å². The largest absolute Gasteiger partial charge is 0.121 e. The van der Waals surface area contributed by atoms with E-state index in [-0.39, 0.29) is 1.43 Å². The van der Waals surface area contributed by atoms with Gasteiger partial charge in [0.1, 0.15) is 0 Å². The first-order valence-corrected chi connectivity index (χ1v) is 7.08. The first-order valence-electron chi connectivity index (χ1n) is 4.67. The van der Waals surface area contributed by atoms with E-state index in [0.29, 0.717) is 0 Å². The minimum Gasteiger partial charge on any atom is -0.121 e. The van der Waals surface area contributed by atoms with E-state index in [0.717, 1.165) is 0 Å². The van der Waals surface area contributed by atoms with Gasteiger partial charge in [0, 0.05) is 1.43 Å². The SMILES string of the molecule is CCCCCCc1cc(Br)sc1Br.[2H]. The molecule has 3 heteroatoms. The third-order valence-electron chi connectivity index (χ3n) is 2.03. The summed E-state index contributed by atoms with van der Waals surface area (Å²) in [6.07, 6.45) is 6.56. The lowest BCUT2D eigenvalue weighted by atomic mass is 10.1. The van der Waals surface area contributed by atoms with Gasteiger partial charge < -0.3 is 0 Å². The minimum atomic E-state index is 0. The van der Waals surface area contributed by atoms with Crippen LogP contribution in [-0.4, -0.2) is 0 Å². The molecule has 0 saturated carbocycles. The van der Waals surface area contributed by atoms with Crippen molar-refractivity contribution < 1.29 is 1.43 Å². The molecular formula is C10H15Br2S. The summed E-state index contributed by atoms with van der Waals surface area (Å²) in [6.45, 7) is 2.25. The number of thiophene rings is 1. The summed E-state index contributed by atoms with van der Waals surface area (Å²) in [6, 6.07) is 2.22. The molecular weight excluding hydrogens is 312 g/mol. The van der Waals surface area contributed by atoms with Crippen molar-refractivity contribution >= 4 is 43.2 Å². The van der Waals surface area contributed by atoms with Crippen molar-refractivity contribution in [3.63, 3.8) is 0 Å². The van der Waals surface area contributed by atoms with Crippen molar-refractivity contribution in [3.05, 3.63) is 19.2 Å². The highest BCUT2D eigenvalue weighted by Gasteiger charge is 2.03. The van der Waals surface area contributed by atoms with Crippen LogP contribution in [-0.2, 0) is 6.42 Å². The van der Waals surface area contributed by atoms with Crippen LogP contribution in [0, 0.1) is 0 Å². The van der Waals surface area contributed by atoms with E-state index in [1.165, 1.54) is 45.2 Å². The van der Waals surface area contributed by atoms with E-state index in [1.807, 2.05) is 0 Å². The lowest BCUT2D eigenvalue weighted by molar-refractivity contribution is 0.667. The third kappa shape index (κ3) is 4.13. The first-order chi connectivity index (χ1) is 6.24. The number of rotatable bonds is 5. The molecule has 0 amide bonds. The van der Waals surface area contributed by atoms with E-state index in [2.05, 4.69) is 44.8 Å². The van der Waals surface area contributed by atoms with Crippen molar-refractivity contribution in [3.8, 4) is 0 Å². The van der Waals surface area contributed by atoms with Crippen LogP contribution in [0.25, 0.3) is 0 Å². The Morgan fingerprint density at radius 2 is 2.08 bits per heavy atom. The highest BCUT2D eigenvalue weighted by molar-refractivity contribution is 9.12. The summed E-state index contributed by atoms with van der Waals surface area (Å²) in [5.41, 5.74) is 1.45. The third-order valence-corrected chi connectivity index (χ3v) is 4.49. The van der Waals surface area contributed by atoms with Gasteiger partial charge in [-0.2, -0.15) is 0 Å². The van der Waals surface area contributed by atoms with Gasteiger partial charge in [-0.15, -0.1) is 11.3 Å². The zero-order valence-electron chi connectivity index (χ0n) is 8.78. The zero-order chi connectivity index (χ0) is 9.68. The molecule has 1 radical (unpaired) electrons. The molecule has 0 aliphatic heterocycles. The summed E-state index contributed by atoms with van der Waals surface area (Å²) in [5.74, 6) is 0. The molecule has 0 aliphatic carbocycles. The fourth-order valence-electron chi connectivity index (χ4n) is 1.29.